The Hall–Kier alpha value is -0.900. The molecule has 2 aliphatic heterocycles. The average molecular weight is 261 g/mol. The highest BCUT2D eigenvalue weighted by molar-refractivity contribution is 5.39. The number of nitrogens with zero attached hydrogens (tertiary/aromatic N) is 2. The van der Waals surface area contributed by atoms with Crippen LogP contribution in [0.25, 0.3) is 0 Å². The van der Waals surface area contributed by atoms with Crippen LogP contribution in [0.2, 0.25) is 0 Å². The van der Waals surface area contributed by atoms with Crippen LogP contribution in [-0.4, -0.2) is 40.9 Å². The van der Waals surface area contributed by atoms with Crippen LogP contribution in [-0.2, 0) is 25.9 Å². The molecule has 1 aromatic rings. The number of benzene rings is 1. The lowest BCUT2D eigenvalue weighted by Gasteiger charge is -2.39. The summed E-state index contributed by atoms with van der Waals surface area (Å²) < 4.78 is 1.16. The van der Waals surface area contributed by atoms with Crippen molar-refractivity contribution in [3.63, 3.8) is 0 Å². The van der Waals surface area contributed by atoms with Gasteiger partial charge < -0.3 is 9.69 Å². The third kappa shape index (κ3) is 2.31. The average Bonchev–Trinajstić information content (AvgIpc) is 2.78. The van der Waals surface area contributed by atoms with Crippen LogP contribution >= 0.6 is 0 Å². The van der Waals surface area contributed by atoms with Crippen molar-refractivity contribution < 1.29 is 9.69 Å². The lowest BCUT2D eigenvalue weighted by Crippen LogP contribution is -2.55. The summed E-state index contributed by atoms with van der Waals surface area (Å²) in [5.74, 6) is 0. The highest BCUT2D eigenvalue weighted by Gasteiger charge is 2.39. The molecule has 3 heteroatoms. The second-order valence-corrected chi connectivity index (χ2v) is 6.16. The van der Waals surface area contributed by atoms with Crippen molar-refractivity contribution >= 4 is 0 Å². The van der Waals surface area contributed by atoms with Gasteiger partial charge in [0, 0.05) is 11.1 Å². The summed E-state index contributed by atoms with van der Waals surface area (Å²) in [6, 6.07) is 4.90. The Bertz CT molecular complexity index is 441. The van der Waals surface area contributed by atoms with E-state index < -0.39 is 0 Å². The molecule has 0 saturated carbocycles. The Balaban J connectivity index is 1.87. The quantitative estimate of drug-likeness (QED) is 0.826. The number of rotatable bonds is 2. The lowest BCUT2D eigenvalue weighted by molar-refractivity contribution is -0.952. The fraction of sp³-hybridized carbons (Fsp3) is 0.625. The molecule has 1 spiro atoms. The van der Waals surface area contributed by atoms with Crippen LogP contribution in [0.1, 0.15) is 36.1 Å². The molecular formula is C16H25N2O+. The molecule has 0 bridgehead atoms. The zero-order valence-electron chi connectivity index (χ0n) is 12.2. The number of fused-ring (bicyclic) bond motifs is 1. The first-order valence-electron chi connectivity index (χ1n) is 7.58. The maximum absolute atomic E-state index is 9.56. The monoisotopic (exact) mass is 261 g/mol. The fourth-order valence-corrected chi connectivity index (χ4v) is 3.72. The third-order valence-corrected chi connectivity index (χ3v) is 4.96. The molecule has 1 N–H and O–H groups in total. The summed E-state index contributed by atoms with van der Waals surface area (Å²) in [5, 5.41) is 11.0. The van der Waals surface area contributed by atoms with Crippen LogP contribution < -0.4 is 0 Å². The van der Waals surface area contributed by atoms with E-state index in [2.05, 4.69) is 26.0 Å². The van der Waals surface area contributed by atoms with Gasteiger partial charge in [-0.3, -0.25) is 0 Å². The molecule has 2 aliphatic rings. The van der Waals surface area contributed by atoms with Gasteiger partial charge in [0.2, 0.25) is 0 Å². The van der Waals surface area contributed by atoms with Gasteiger partial charge in [0.05, 0.1) is 26.2 Å². The molecule has 1 fully saturated rings. The largest absolute Gasteiger partial charge is 0.314 e. The number of piperazine rings is 1. The van der Waals surface area contributed by atoms with Crippen molar-refractivity contribution in [1.29, 1.82) is 0 Å². The number of hydrogen-bond acceptors (Lipinski definition) is 2. The minimum atomic E-state index is 0.815. The fourth-order valence-electron chi connectivity index (χ4n) is 3.72. The summed E-state index contributed by atoms with van der Waals surface area (Å²) in [6.07, 6.45) is 2.28. The highest BCUT2D eigenvalue weighted by atomic mass is 16.5. The van der Waals surface area contributed by atoms with E-state index in [0.29, 0.717) is 0 Å². The molecule has 3 rings (SSSR count). The summed E-state index contributed by atoms with van der Waals surface area (Å²) in [7, 11) is 0. The number of hydroxylamine groups is 2. The van der Waals surface area contributed by atoms with Gasteiger partial charge in [0.15, 0.2) is 0 Å². The molecule has 0 radical (unpaired) electrons. The first-order valence-corrected chi connectivity index (χ1v) is 7.58. The molecule has 0 atom stereocenters. The Morgan fingerprint density at radius 3 is 1.89 bits per heavy atom. The minimum absolute atomic E-state index is 0.815. The predicted molar refractivity (Wildman–Crippen MR) is 76.0 cm³/mol. The summed E-state index contributed by atoms with van der Waals surface area (Å²) in [6.45, 7) is 10.6. The summed E-state index contributed by atoms with van der Waals surface area (Å²) >= 11 is 0. The van der Waals surface area contributed by atoms with E-state index >= 15 is 0 Å². The van der Waals surface area contributed by atoms with Gasteiger partial charge in [-0.1, -0.05) is 13.8 Å². The molecule has 19 heavy (non-hydrogen) atoms. The normalized spacial score (nSPS) is 21.8. The third-order valence-electron chi connectivity index (χ3n) is 4.96. The second kappa shape index (κ2) is 4.89. The van der Waals surface area contributed by atoms with E-state index in [4.69, 9.17) is 0 Å². The first kappa shape index (κ1) is 13.1. The molecule has 2 heterocycles. The van der Waals surface area contributed by atoms with Crippen LogP contribution in [0.4, 0.5) is 0 Å². The molecule has 1 aromatic carbocycles. The van der Waals surface area contributed by atoms with Crippen LogP contribution in [0.15, 0.2) is 12.1 Å². The van der Waals surface area contributed by atoms with Crippen molar-refractivity contribution in [2.24, 2.45) is 0 Å². The molecule has 0 aliphatic carbocycles. The van der Waals surface area contributed by atoms with Crippen molar-refractivity contribution in [1.82, 2.24) is 5.06 Å². The van der Waals surface area contributed by atoms with Crippen LogP contribution in [0, 0.1) is 0 Å². The van der Waals surface area contributed by atoms with E-state index in [1.54, 1.807) is 11.1 Å². The summed E-state index contributed by atoms with van der Waals surface area (Å²) in [4.78, 5) is 0. The van der Waals surface area contributed by atoms with E-state index in [0.717, 1.165) is 43.5 Å². The van der Waals surface area contributed by atoms with E-state index in [-0.39, 0.29) is 0 Å². The highest BCUT2D eigenvalue weighted by Crippen LogP contribution is 2.33. The molecule has 104 valence electrons. The topological polar surface area (TPSA) is 23.5 Å². The summed E-state index contributed by atoms with van der Waals surface area (Å²) in [5.41, 5.74) is 6.17. The van der Waals surface area contributed by atoms with Gasteiger partial charge in [0.1, 0.15) is 13.1 Å². The van der Waals surface area contributed by atoms with Crippen molar-refractivity contribution in [2.45, 2.75) is 39.8 Å². The van der Waals surface area contributed by atoms with E-state index in [1.807, 2.05) is 0 Å². The molecule has 1 saturated heterocycles. The predicted octanol–water partition coefficient (Wildman–Crippen LogP) is 2.35. The first-order chi connectivity index (χ1) is 9.15. The zero-order chi connectivity index (χ0) is 13.5. The van der Waals surface area contributed by atoms with Crippen LogP contribution in [0.5, 0.6) is 0 Å². The Kier molecular flexibility index (Phi) is 3.37. The number of quaternary nitrogens is 1. The Labute approximate surface area is 116 Å². The van der Waals surface area contributed by atoms with Gasteiger partial charge in [-0.2, -0.15) is 5.06 Å². The SMILES string of the molecule is CCc1cc2c(cc1CC)C[N+]1(CCN(O)CC1)C2. The molecule has 0 amide bonds. The standard InChI is InChI=1S/C16H25N2O/c1-3-13-9-15-11-18(7-5-17(19)6-8-18)12-16(15)10-14(13)4-2/h9-10,19H,3-8,11-12H2,1-2H3/q+1. The zero-order valence-corrected chi connectivity index (χ0v) is 12.2. The Morgan fingerprint density at radius 2 is 1.47 bits per heavy atom. The Morgan fingerprint density at radius 1 is 1.00 bits per heavy atom. The van der Waals surface area contributed by atoms with E-state index in [9.17, 15) is 5.21 Å². The van der Waals surface area contributed by atoms with Crippen LogP contribution in [0.3, 0.4) is 0 Å². The number of hydrogen-bond donors (Lipinski definition) is 1. The molecular weight excluding hydrogens is 236 g/mol. The second-order valence-electron chi connectivity index (χ2n) is 6.16. The molecule has 3 nitrogen and oxygen atoms in total. The van der Waals surface area contributed by atoms with Crippen molar-refractivity contribution in [2.75, 3.05) is 26.2 Å². The van der Waals surface area contributed by atoms with Gasteiger partial charge in [-0.05, 0) is 36.1 Å². The maximum atomic E-state index is 9.56. The van der Waals surface area contributed by atoms with Gasteiger partial charge >= 0.3 is 0 Å². The molecule has 0 unspecified atom stereocenters. The molecule has 0 aromatic heterocycles. The van der Waals surface area contributed by atoms with Crippen molar-refractivity contribution in [3.8, 4) is 0 Å². The smallest absolute Gasteiger partial charge is 0.105 e. The van der Waals surface area contributed by atoms with E-state index in [1.165, 1.54) is 29.3 Å². The maximum Gasteiger partial charge on any atom is 0.105 e. The van der Waals surface area contributed by atoms with Gasteiger partial charge in [-0.25, -0.2) is 0 Å². The minimum Gasteiger partial charge on any atom is -0.314 e. The van der Waals surface area contributed by atoms with Crippen molar-refractivity contribution in [3.05, 3.63) is 34.4 Å². The van der Waals surface area contributed by atoms with Gasteiger partial charge in [-0.15, -0.1) is 0 Å². The van der Waals surface area contributed by atoms with Gasteiger partial charge in [0.25, 0.3) is 0 Å². The lowest BCUT2D eigenvalue weighted by atomic mass is 9.97. The number of aryl methyl sites for hydroxylation is 2.